The van der Waals surface area contributed by atoms with E-state index in [9.17, 15) is 4.79 Å². The van der Waals surface area contributed by atoms with Gasteiger partial charge in [-0.05, 0) is 31.0 Å². The van der Waals surface area contributed by atoms with Gasteiger partial charge >= 0.3 is 0 Å². The fraction of sp³-hybridized carbons (Fsp3) is 0.200. The highest BCUT2D eigenvalue weighted by Crippen LogP contribution is 2.24. The first kappa shape index (κ1) is 16.4. The van der Waals surface area contributed by atoms with Crippen molar-refractivity contribution in [3.63, 3.8) is 0 Å². The number of nitrogens with zero attached hydrogens (tertiary/aromatic N) is 2. The Bertz CT molecular complexity index is 879. The van der Waals surface area contributed by atoms with Gasteiger partial charge < -0.3 is 4.57 Å². The van der Waals surface area contributed by atoms with Gasteiger partial charge in [0.15, 0.2) is 4.80 Å². The van der Waals surface area contributed by atoms with Crippen LogP contribution < -0.4 is 4.80 Å². The third-order valence-electron chi connectivity index (χ3n) is 4.06. The number of benzene rings is 2. The second-order valence-electron chi connectivity index (χ2n) is 5.68. The Kier molecular flexibility index (Phi) is 5.06. The molecule has 1 aromatic heterocycles. The second kappa shape index (κ2) is 7.41. The van der Waals surface area contributed by atoms with Crippen LogP contribution in [0.2, 0.25) is 0 Å². The quantitative estimate of drug-likeness (QED) is 0.665. The summed E-state index contributed by atoms with van der Waals surface area (Å²) in [4.78, 5) is 17.6. The molecule has 0 N–H and O–H groups in total. The molecule has 3 aromatic rings. The molecule has 0 aliphatic rings. The topological polar surface area (TPSA) is 34.4 Å². The van der Waals surface area contributed by atoms with Crippen molar-refractivity contribution in [1.29, 1.82) is 0 Å². The van der Waals surface area contributed by atoms with Crippen LogP contribution in [0, 0.1) is 0 Å². The Morgan fingerprint density at radius 3 is 2.33 bits per heavy atom. The van der Waals surface area contributed by atoms with Crippen LogP contribution in [0.25, 0.3) is 11.3 Å². The minimum Gasteiger partial charge on any atom is -0.314 e. The summed E-state index contributed by atoms with van der Waals surface area (Å²) >= 11 is 1.51. The Hall–Kier alpha value is -2.46. The third-order valence-corrected chi connectivity index (χ3v) is 4.90. The van der Waals surface area contributed by atoms with Crippen molar-refractivity contribution in [2.75, 3.05) is 0 Å². The molecule has 0 saturated carbocycles. The molecule has 2 aromatic carbocycles. The van der Waals surface area contributed by atoms with Gasteiger partial charge in [-0.3, -0.25) is 4.79 Å². The predicted octanol–water partition coefficient (Wildman–Crippen LogP) is 4.93. The van der Waals surface area contributed by atoms with E-state index in [-0.39, 0.29) is 11.9 Å². The molecule has 0 radical (unpaired) electrons. The fourth-order valence-corrected chi connectivity index (χ4v) is 3.56. The van der Waals surface area contributed by atoms with Gasteiger partial charge in [-0.25, -0.2) is 0 Å². The van der Waals surface area contributed by atoms with Crippen molar-refractivity contribution in [3.8, 4) is 11.3 Å². The molecule has 0 aliphatic carbocycles. The standard InChI is InChI=1S/C20H20N2OS/c1-3-15(2)22-18(16-10-6-4-7-11-16)14-24-20(22)21-19(23)17-12-8-5-9-13-17/h4-15H,3H2,1-2H3. The van der Waals surface area contributed by atoms with E-state index < -0.39 is 0 Å². The maximum atomic E-state index is 12.4. The number of hydrogen-bond acceptors (Lipinski definition) is 2. The maximum absolute atomic E-state index is 12.4. The van der Waals surface area contributed by atoms with Crippen LogP contribution in [0.1, 0.15) is 36.7 Å². The lowest BCUT2D eigenvalue weighted by Crippen LogP contribution is -2.21. The monoisotopic (exact) mass is 336 g/mol. The first-order valence-corrected chi connectivity index (χ1v) is 8.98. The van der Waals surface area contributed by atoms with Crippen LogP contribution in [0.15, 0.2) is 71.0 Å². The van der Waals surface area contributed by atoms with E-state index in [1.165, 1.54) is 11.3 Å². The summed E-state index contributed by atoms with van der Waals surface area (Å²) < 4.78 is 2.17. The first-order valence-electron chi connectivity index (χ1n) is 8.10. The lowest BCUT2D eigenvalue weighted by atomic mass is 10.1. The lowest BCUT2D eigenvalue weighted by molar-refractivity contribution is 0.0997. The molecule has 0 fully saturated rings. The minimum absolute atomic E-state index is 0.200. The maximum Gasteiger partial charge on any atom is 0.279 e. The van der Waals surface area contributed by atoms with E-state index in [1.54, 1.807) is 12.1 Å². The molecule has 0 aliphatic heterocycles. The first-order chi connectivity index (χ1) is 11.7. The van der Waals surface area contributed by atoms with Crippen LogP contribution in [-0.4, -0.2) is 10.5 Å². The van der Waals surface area contributed by atoms with E-state index in [0.29, 0.717) is 5.56 Å². The second-order valence-corrected chi connectivity index (χ2v) is 6.52. The summed E-state index contributed by atoms with van der Waals surface area (Å²) in [5, 5.41) is 2.08. The lowest BCUT2D eigenvalue weighted by Gasteiger charge is -2.15. The molecule has 0 spiro atoms. The van der Waals surface area contributed by atoms with Gasteiger partial charge in [-0.2, -0.15) is 4.99 Å². The molecule has 122 valence electrons. The summed E-state index contributed by atoms with van der Waals surface area (Å²) in [5.41, 5.74) is 2.86. The number of thiazole rings is 1. The highest BCUT2D eigenvalue weighted by molar-refractivity contribution is 7.07. The van der Waals surface area contributed by atoms with Crippen molar-refractivity contribution in [1.82, 2.24) is 4.57 Å². The zero-order chi connectivity index (χ0) is 16.9. The molecule has 1 amide bonds. The smallest absolute Gasteiger partial charge is 0.279 e. The molecule has 4 heteroatoms. The van der Waals surface area contributed by atoms with Crippen LogP contribution in [0.5, 0.6) is 0 Å². The van der Waals surface area contributed by atoms with Gasteiger partial charge in [0.05, 0.1) is 5.69 Å². The summed E-state index contributed by atoms with van der Waals surface area (Å²) in [6, 6.07) is 19.7. The van der Waals surface area contributed by atoms with Crippen LogP contribution in [0.3, 0.4) is 0 Å². The highest BCUT2D eigenvalue weighted by Gasteiger charge is 2.13. The molecule has 3 nitrogen and oxygen atoms in total. The zero-order valence-electron chi connectivity index (χ0n) is 13.8. The Balaban J connectivity index is 2.10. The molecule has 3 rings (SSSR count). The van der Waals surface area contributed by atoms with Gasteiger partial charge in [0.2, 0.25) is 0 Å². The van der Waals surface area contributed by atoms with E-state index in [1.807, 2.05) is 36.4 Å². The molecular weight excluding hydrogens is 316 g/mol. The molecule has 24 heavy (non-hydrogen) atoms. The largest absolute Gasteiger partial charge is 0.314 e. The fourth-order valence-electron chi connectivity index (χ4n) is 2.56. The molecule has 0 saturated heterocycles. The van der Waals surface area contributed by atoms with Gasteiger partial charge in [0.25, 0.3) is 5.91 Å². The van der Waals surface area contributed by atoms with Crippen LogP contribution in [-0.2, 0) is 0 Å². The van der Waals surface area contributed by atoms with Crippen molar-refractivity contribution in [3.05, 3.63) is 76.4 Å². The Labute approximate surface area is 145 Å². The molecule has 1 unspecified atom stereocenters. The summed E-state index contributed by atoms with van der Waals surface area (Å²) in [5.74, 6) is -0.200. The summed E-state index contributed by atoms with van der Waals surface area (Å²) in [6.45, 7) is 4.30. The van der Waals surface area contributed by atoms with Crippen LogP contribution >= 0.6 is 11.3 Å². The molecule has 1 heterocycles. The average molecular weight is 336 g/mol. The van der Waals surface area contributed by atoms with Gasteiger partial charge in [-0.15, -0.1) is 11.3 Å². The van der Waals surface area contributed by atoms with E-state index in [0.717, 1.165) is 22.5 Å². The third kappa shape index (κ3) is 3.39. The van der Waals surface area contributed by atoms with E-state index in [2.05, 4.69) is 40.9 Å². The predicted molar refractivity (Wildman–Crippen MR) is 99.1 cm³/mol. The number of amides is 1. The number of aromatic nitrogens is 1. The van der Waals surface area contributed by atoms with Crippen molar-refractivity contribution in [2.24, 2.45) is 4.99 Å². The summed E-state index contributed by atoms with van der Waals surface area (Å²) in [6.07, 6.45) is 0.975. The number of rotatable bonds is 4. The molecule has 0 bridgehead atoms. The van der Waals surface area contributed by atoms with Gasteiger partial charge in [0, 0.05) is 17.0 Å². The minimum atomic E-state index is -0.200. The average Bonchev–Trinajstić information content (AvgIpc) is 3.06. The zero-order valence-corrected chi connectivity index (χ0v) is 14.7. The van der Waals surface area contributed by atoms with Gasteiger partial charge in [-0.1, -0.05) is 55.5 Å². The molecule has 1 atom stereocenters. The number of carbonyl (C=O) groups is 1. The van der Waals surface area contributed by atoms with Gasteiger partial charge in [0.1, 0.15) is 0 Å². The Morgan fingerprint density at radius 2 is 1.71 bits per heavy atom. The summed E-state index contributed by atoms with van der Waals surface area (Å²) in [7, 11) is 0. The van der Waals surface area contributed by atoms with Crippen molar-refractivity contribution >= 4 is 17.2 Å². The van der Waals surface area contributed by atoms with Crippen molar-refractivity contribution < 1.29 is 4.79 Å². The van der Waals surface area contributed by atoms with Crippen molar-refractivity contribution in [2.45, 2.75) is 26.3 Å². The SMILES string of the molecule is CCC(C)n1c(-c2ccccc2)csc1=NC(=O)c1ccccc1. The Morgan fingerprint density at radius 1 is 1.08 bits per heavy atom. The molecular formula is C20H20N2OS. The normalized spacial score (nSPS) is 13.0. The van der Waals surface area contributed by atoms with E-state index >= 15 is 0 Å². The van der Waals surface area contributed by atoms with Crippen LogP contribution in [0.4, 0.5) is 0 Å². The number of carbonyl (C=O) groups excluding carboxylic acids is 1. The number of hydrogen-bond donors (Lipinski definition) is 0. The highest BCUT2D eigenvalue weighted by atomic mass is 32.1. The van der Waals surface area contributed by atoms with E-state index in [4.69, 9.17) is 0 Å².